The van der Waals surface area contributed by atoms with E-state index in [-0.39, 0.29) is 11.7 Å². The Morgan fingerprint density at radius 1 is 1.20 bits per heavy atom. The molecule has 1 heterocycles. The summed E-state index contributed by atoms with van der Waals surface area (Å²) in [4.78, 5) is 19.8. The van der Waals surface area contributed by atoms with Crippen LogP contribution in [0.3, 0.4) is 0 Å². The van der Waals surface area contributed by atoms with Gasteiger partial charge in [0.25, 0.3) is 5.91 Å². The zero-order valence-corrected chi connectivity index (χ0v) is 16.0. The fourth-order valence-electron chi connectivity index (χ4n) is 2.61. The molecule has 0 aliphatic heterocycles. The van der Waals surface area contributed by atoms with Gasteiger partial charge in [-0.05, 0) is 63.7 Å². The number of amides is 1. The Kier molecular flexibility index (Phi) is 7.52. The summed E-state index contributed by atoms with van der Waals surface area (Å²) in [5.41, 5.74) is 1.54. The van der Waals surface area contributed by atoms with Crippen molar-refractivity contribution in [1.82, 2.24) is 15.2 Å². The van der Waals surface area contributed by atoms with Crippen LogP contribution in [0.25, 0.3) is 10.6 Å². The zero-order chi connectivity index (χ0) is 18.2. The fourth-order valence-corrected chi connectivity index (χ4v) is 3.59. The number of hydrogen-bond donors (Lipinski definition) is 1. The van der Waals surface area contributed by atoms with E-state index < -0.39 is 0 Å². The maximum Gasteiger partial charge on any atom is 0.263 e. The maximum atomic E-state index is 13.0. The molecule has 1 aromatic heterocycles. The second kappa shape index (κ2) is 9.63. The predicted molar refractivity (Wildman–Crippen MR) is 102 cm³/mol. The number of thiazole rings is 1. The Morgan fingerprint density at radius 3 is 2.52 bits per heavy atom. The Labute approximate surface area is 153 Å². The van der Waals surface area contributed by atoms with Gasteiger partial charge in [-0.25, -0.2) is 9.37 Å². The lowest BCUT2D eigenvalue weighted by Crippen LogP contribution is -2.27. The average Bonchev–Trinajstić information content (AvgIpc) is 3.00. The van der Waals surface area contributed by atoms with E-state index in [0.717, 1.165) is 43.0 Å². The van der Waals surface area contributed by atoms with Crippen molar-refractivity contribution < 1.29 is 9.18 Å². The first-order valence-electron chi connectivity index (χ1n) is 8.79. The van der Waals surface area contributed by atoms with Crippen molar-refractivity contribution in [3.63, 3.8) is 0 Å². The van der Waals surface area contributed by atoms with Gasteiger partial charge in [0.05, 0.1) is 5.69 Å². The maximum absolute atomic E-state index is 13.0. The molecule has 0 bridgehead atoms. The topological polar surface area (TPSA) is 45.2 Å². The highest BCUT2D eigenvalue weighted by Gasteiger charge is 2.15. The molecule has 0 aliphatic carbocycles. The van der Waals surface area contributed by atoms with Crippen LogP contribution in [0.1, 0.15) is 42.1 Å². The molecule has 0 radical (unpaired) electrons. The minimum absolute atomic E-state index is 0.0776. The molecule has 0 fully saturated rings. The van der Waals surface area contributed by atoms with Crippen LogP contribution in [-0.2, 0) is 0 Å². The Hall–Kier alpha value is -1.79. The highest BCUT2D eigenvalue weighted by Crippen LogP contribution is 2.27. The Bertz CT molecular complexity index is 680. The van der Waals surface area contributed by atoms with Gasteiger partial charge >= 0.3 is 0 Å². The normalized spacial score (nSPS) is 11.1. The third-order valence-electron chi connectivity index (χ3n) is 4.18. The van der Waals surface area contributed by atoms with Gasteiger partial charge in [-0.1, -0.05) is 13.8 Å². The summed E-state index contributed by atoms with van der Waals surface area (Å²) in [6, 6.07) is 6.18. The molecule has 0 spiro atoms. The van der Waals surface area contributed by atoms with Gasteiger partial charge in [0.1, 0.15) is 15.7 Å². The number of aromatic nitrogens is 1. The first-order chi connectivity index (χ1) is 12.0. The minimum Gasteiger partial charge on any atom is -0.351 e. The van der Waals surface area contributed by atoms with Crippen LogP contribution in [0.5, 0.6) is 0 Å². The summed E-state index contributed by atoms with van der Waals surface area (Å²) in [6.07, 6.45) is 2.04. The van der Waals surface area contributed by atoms with E-state index in [2.05, 4.69) is 29.0 Å². The number of rotatable bonds is 9. The molecule has 136 valence electrons. The molecule has 0 atom stereocenters. The van der Waals surface area contributed by atoms with Gasteiger partial charge in [0, 0.05) is 12.1 Å². The number of carbonyl (C=O) groups excluding carboxylic acids is 1. The van der Waals surface area contributed by atoms with Crippen molar-refractivity contribution in [2.24, 2.45) is 0 Å². The minimum atomic E-state index is -0.278. The highest BCUT2D eigenvalue weighted by atomic mass is 32.1. The van der Waals surface area contributed by atoms with Gasteiger partial charge in [0.2, 0.25) is 0 Å². The van der Waals surface area contributed by atoms with Gasteiger partial charge in [0.15, 0.2) is 0 Å². The van der Waals surface area contributed by atoms with Crippen LogP contribution < -0.4 is 5.32 Å². The average molecular weight is 364 g/mol. The molecule has 0 saturated heterocycles. The summed E-state index contributed by atoms with van der Waals surface area (Å²) < 4.78 is 13.0. The van der Waals surface area contributed by atoms with Crippen molar-refractivity contribution in [3.8, 4) is 10.6 Å². The quantitative estimate of drug-likeness (QED) is 0.682. The highest BCUT2D eigenvalue weighted by molar-refractivity contribution is 7.17. The molecule has 0 saturated carbocycles. The molecular weight excluding hydrogens is 337 g/mol. The van der Waals surface area contributed by atoms with E-state index in [1.54, 1.807) is 12.1 Å². The molecule has 25 heavy (non-hydrogen) atoms. The number of aryl methyl sites for hydroxylation is 1. The first-order valence-corrected chi connectivity index (χ1v) is 9.60. The Morgan fingerprint density at radius 2 is 1.88 bits per heavy atom. The monoisotopic (exact) mass is 363 g/mol. The Balaban J connectivity index is 1.86. The molecular formula is C19H26FN3OS. The van der Waals surface area contributed by atoms with Crippen LogP contribution in [0.4, 0.5) is 4.39 Å². The third-order valence-corrected chi connectivity index (χ3v) is 5.38. The number of halogens is 1. The molecule has 2 rings (SSSR count). The van der Waals surface area contributed by atoms with Crippen molar-refractivity contribution in [2.75, 3.05) is 26.2 Å². The van der Waals surface area contributed by atoms with E-state index in [1.165, 1.54) is 23.5 Å². The molecule has 1 N–H and O–H groups in total. The number of nitrogens with one attached hydrogen (secondary N) is 1. The standard InChI is InChI=1S/C19H26FN3OS/c1-4-23(5-2)13-7-6-12-21-18(24)17-14(3)22-19(25-17)15-8-10-16(20)11-9-15/h8-11H,4-7,12-13H2,1-3H3,(H,21,24). The summed E-state index contributed by atoms with van der Waals surface area (Å²) in [5, 5.41) is 3.72. The predicted octanol–water partition coefficient (Wildman–Crippen LogP) is 4.11. The van der Waals surface area contributed by atoms with Crippen molar-refractivity contribution in [3.05, 3.63) is 40.7 Å². The lowest BCUT2D eigenvalue weighted by molar-refractivity contribution is 0.0956. The number of unbranched alkanes of at least 4 members (excludes halogenated alkanes) is 1. The second-order valence-corrected chi connectivity index (χ2v) is 6.93. The molecule has 6 heteroatoms. The largest absolute Gasteiger partial charge is 0.351 e. The van der Waals surface area contributed by atoms with E-state index in [0.29, 0.717) is 17.1 Å². The van der Waals surface area contributed by atoms with Crippen LogP contribution >= 0.6 is 11.3 Å². The van der Waals surface area contributed by atoms with Crippen LogP contribution in [0, 0.1) is 12.7 Å². The number of hydrogen-bond acceptors (Lipinski definition) is 4. The SMILES string of the molecule is CCN(CC)CCCCNC(=O)c1sc(-c2ccc(F)cc2)nc1C. The van der Waals surface area contributed by atoms with E-state index in [9.17, 15) is 9.18 Å². The fraction of sp³-hybridized carbons (Fsp3) is 0.474. The summed E-state index contributed by atoms with van der Waals surface area (Å²) in [6.45, 7) is 10.0. The van der Waals surface area contributed by atoms with Gasteiger partial charge in [-0.3, -0.25) is 4.79 Å². The van der Waals surface area contributed by atoms with Crippen LogP contribution in [0.15, 0.2) is 24.3 Å². The lowest BCUT2D eigenvalue weighted by atomic mass is 10.2. The molecule has 2 aromatic rings. The van der Waals surface area contributed by atoms with Gasteiger partial charge in [-0.15, -0.1) is 11.3 Å². The van der Waals surface area contributed by atoms with Gasteiger partial charge in [-0.2, -0.15) is 0 Å². The van der Waals surface area contributed by atoms with E-state index >= 15 is 0 Å². The summed E-state index contributed by atoms with van der Waals surface area (Å²) >= 11 is 1.35. The summed E-state index contributed by atoms with van der Waals surface area (Å²) in [7, 11) is 0. The number of benzene rings is 1. The zero-order valence-electron chi connectivity index (χ0n) is 15.1. The van der Waals surface area contributed by atoms with Gasteiger partial charge < -0.3 is 10.2 Å². The second-order valence-electron chi connectivity index (χ2n) is 5.93. The van der Waals surface area contributed by atoms with Crippen molar-refractivity contribution in [2.45, 2.75) is 33.6 Å². The number of nitrogens with zero attached hydrogens (tertiary/aromatic N) is 2. The van der Waals surface area contributed by atoms with Crippen molar-refractivity contribution >= 4 is 17.2 Å². The molecule has 0 unspecified atom stereocenters. The van der Waals surface area contributed by atoms with E-state index in [1.807, 2.05) is 6.92 Å². The van der Waals surface area contributed by atoms with Crippen LogP contribution in [0.2, 0.25) is 0 Å². The lowest BCUT2D eigenvalue weighted by Gasteiger charge is -2.17. The molecule has 4 nitrogen and oxygen atoms in total. The third kappa shape index (κ3) is 5.61. The first kappa shape index (κ1) is 19.5. The molecule has 1 aromatic carbocycles. The van der Waals surface area contributed by atoms with Crippen LogP contribution in [-0.4, -0.2) is 42.0 Å². The summed E-state index contributed by atoms with van der Waals surface area (Å²) in [5.74, 6) is -0.356. The van der Waals surface area contributed by atoms with Crippen molar-refractivity contribution in [1.29, 1.82) is 0 Å². The molecule has 0 aliphatic rings. The van der Waals surface area contributed by atoms with E-state index in [4.69, 9.17) is 0 Å². The molecule has 1 amide bonds. The smallest absolute Gasteiger partial charge is 0.263 e. The number of carbonyl (C=O) groups is 1.